The number of sulfonamides is 1. The molecule has 3 rings (SSSR count). The molecule has 1 N–H and O–H groups in total. The molecule has 9 nitrogen and oxygen atoms in total. The number of nitrogens with zero attached hydrogens (tertiary/aromatic N) is 2. The lowest BCUT2D eigenvalue weighted by molar-refractivity contribution is -0.139. The first kappa shape index (κ1) is 28.9. The Labute approximate surface area is 227 Å². The van der Waals surface area contributed by atoms with E-state index in [1.807, 2.05) is 6.92 Å². The van der Waals surface area contributed by atoms with Crippen molar-refractivity contribution in [3.05, 3.63) is 52.0 Å². The largest absolute Gasteiger partial charge is 0.486 e. The normalized spacial score (nSPS) is 13.5. The smallest absolute Gasteiger partial charge is 0.244 e. The van der Waals surface area contributed by atoms with Crippen LogP contribution >= 0.6 is 23.2 Å². The van der Waals surface area contributed by atoms with Gasteiger partial charge >= 0.3 is 0 Å². The van der Waals surface area contributed by atoms with Crippen molar-refractivity contribution in [3.8, 4) is 11.5 Å². The molecule has 0 saturated heterocycles. The van der Waals surface area contributed by atoms with Gasteiger partial charge in [-0.1, -0.05) is 42.6 Å². The van der Waals surface area contributed by atoms with Gasteiger partial charge in [0.1, 0.15) is 25.8 Å². The molecule has 12 heteroatoms. The Kier molecular flexibility index (Phi) is 9.92. The third kappa shape index (κ3) is 7.66. The number of amides is 2. The van der Waals surface area contributed by atoms with Gasteiger partial charge in [-0.25, -0.2) is 8.42 Å². The maximum atomic E-state index is 13.6. The molecule has 1 aliphatic rings. The SMILES string of the molecule is CCCCNC(=O)C(C)N(Cc1ccc(Cl)c(Cl)c1)C(=O)CN(c1ccc2c(c1)OCCO2)S(C)(=O)=O. The molecule has 1 unspecified atom stereocenters. The van der Waals surface area contributed by atoms with Crippen LogP contribution in [-0.2, 0) is 26.2 Å². The van der Waals surface area contributed by atoms with Crippen molar-refractivity contribution in [2.75, 3.05) is 36.9 Å². The van der Waals surface area contributed by atoms with Crippen LogP contribution < -0.4 is 19.1 Å². The predicted molar refractivity (Wildman–Crippen MR) is 144 cm³/mol. The zero-order valence-corrected chi connectivity index (χ0v) is 23.3. The molecule has 0 spiro atoms. The molecule has 1 heterocycles. The Bertz CT molecular complexity index is 1240. The van der Waals surface area contributed by atoms with Gasteiger partial charge in [0.2, 0.25) is 21.8 Å². The highest BCUT2D eigenvalue weighted by atomic mass is 35.5. The zero-order chi connectivity index (χ0) is 27.2. The Morgan fingerprint density at radius 2 is 1.76 bits per heavy atom. The maximum absolute atomic E-state index is 13.6. The topological polar surface area (TPSA) is 105 Å². The number of carbonyl (C=O) groups excluding carboxylic acids is 2. The van der Waals surface area contributed by atoms with Crippen LogP contribution in [0.5, 0.6) is 11.5 Å². The number of halogens is 2. The highest BCUT2D eigenvalue weighted by Gasteiger charge is 2.30. The van der Waals surface area contributed by atoms with Gasteiger partial charge in [-0.2, -0.15) is 0 Å². The molecule has 0 fully saturated rings. The fraction of sp³-hybridized carbons (Fsp3) is 0.440. The quantitative estimate of drug-likeness (QED) is 0.410. The van der Waals surface area contributed by atoms with Crippen LogP contribution in [0.4, 0.5) is 5.69 Å². The van der Waals surface area contributed by atoms with Gasteiger partial charge in [-0.05, 0) is 43.2 Å². The van der Waals surface area contributed by atoms with Crippen LogP contribution in [0.25, 0.3) is 0 Å². The highest BCUT2D eigenvalue weighted by Crippen LogP contribution is 2.34. The van der Waals surface area contributed by atoms with Gasteiger partial charge in [0.25, 0.3) is 0 Å². The molecule has 0 aromatic heterocycles. The lowest BCUT2D eigenvalue weighted by Gasteiger charge is -2.32. The average molecular weight is 573 g/mol. The molecule has 0 saturated carbocycles. The number of ether oxygens (including phenoxy) is 2. The first-order valence-corrected chi connectivity index (χ1v) is 14.5. The van der Waals surface area contributed by atoms with Crippen molar-refractivity contribution in [2.45, 2.75) is 39.3 Å². The van der Waals surface area contributed by atoms with Gasteiger partial charge in [-0.15, -0.1) is 0 Å². The highest BCUT2D eigenvalue weighted by molar-refractivity contribution is 7.92. The van der Waals surface area contributed by atoms with Gasteiger partial charge < -0.3 is 19.7 Å². The van der Waals surface area contributed by atoms with E-state index in [4.69, 9.17) is 32.7 Å². The van der Waals surface area contributed by atoms with E-state index in [2.05, 4.69) is 5.32 Å². The van der Waals surface area contributed by atoms with Crippen LogP contribution in [0.3, 0.4) is 0 Å². The van der Waals surface area contributed by atoms with E-state index >= 15 is 0 Å². The molecular formula is C25H31Cl2N3O6S. The van der Waals surface area contributed by atoms with Gasteiger partial charge in [-0.3, -0.25) is 13.9 Å². The van der Waals surface area contributed by atoms with E-state index in [0.717, 1.165) is 23.4 Å². The van der Waals surface area contributed by atoms with E-state index in [1.165, 1.54) is 11.0 Å². The molecular weight excluding hydrogens is 541 g/mol. The van der Waals surface area contributed by atoms with Crippen LogP contribution in [0, 0.1) is 0 Å². The number of hydrogen-bond donors (Lipinski definition) is 1. The average Bonchev–Trinajstić information content (AvgIpc) is 2.86. The summed E-state index contributed by atoms with van der Waals surface area (Å²) in [5, 5.41) is 3.50. The molecule has 2 aromatic rings. The number of nitrogens with one attached hydrogen (secondary N) is 1. The molecule has 2 aromatic carbocycles. The van der Waals surface area contributed by atoms with Crippen LogP contribution in [0.1, 0.15) is 32.3 Å². The van der Waals surface area contributed by atoms with E-state index in [9.17, 15) is 18.0 Å². The molecule has 0 aliphatic carbocycles. The van der Waals surface area contributed by atoms with Crippen molar-refractivity contribution in [1.29, 1.82) is 0 Å². The van der Waals surface area contributed by atoms with Gasteiger partial charge in [0.05, 0.1) is 22.0 Å². The van der Waals surface area contributed by atoms with Crippen LogP contribution in [0.2, 0.25) is 10.0 Å². The standard InChI is InChI=1S/C25H31Cl2N3O6S/c1-4-5-10-28-25(32)17(2)29(15-18-6-8-20(26)21(27)13-18)24(31)16-30(37(3,33)34)19-7-9-22-23(14-19)36-12-11-35-22/h6-9,13-14,17H,4-5,10-12,15-16H2,1-3H3,(H,28,32). The molecule has 1 atom stereocenters. The number of carbonyl (C=O) groups is 2. The van der Waals surface area contributed by atoms with E-state index in [0.29, 0.717) is 46.9 Å². The van der Waals surface area contributed by atoms with Crippen molar-refractivity contribution < 1.29 is 27.5 Å². The summed E-state index contributed by atoms with van der Waals surface area (Å²) in [5.74, 6) is -0.0220. The summed E-state index contributed by atoms with van der Waals surface area (Å²) >= 11 is 12.2. The fourth-order valence-corrected chi connectivity index (χ4v) is 4.92. The van der Waals surface area contributed by atoms with Crippen molar-refractivity contribution in [1.82, 2.24) is 10.2 Å². The summed E-state index contributed by atoms with van der Waals surface area (Å²) in [6.45, 7) is 4.31. The lowest BCUT2D eigenvalue weighted by atomic mass is 10.1. The summed E-state index contributed by atoms with van der Waals surface area (Å²) in [4.78, 5) is 27.8. The van der Waals surface area contributed by atoms with E-state index < -0.39 is 28.5 Å². The molecule has 0 radical (unpaired) electrons. The third-order valence-electron chi connectivity index (χ3n) is 5.83. The van der Waals surface area contributed by atoms with Crippen LogP contribution in [-0.4, -0.2) is 63.7 Å². The second-order valence-electron chi connectivity index (χ2n) is 8.69. The minimum Gasteiger partial charge on any atom is -0.486 e. The van der Waals surface area contributed by atoms with Crippen LogP contribution in [0.15, 0.2) is 36.4 Å². The number of rotatable bonds is 11. The fourth-order valence-electron chi connectivity index (χ4n) is 3.75. The summed E-state index contributed by atoms with van der Waals surface area (Å²) in [6, 6.07) is 8.71. The van der Waals surface area contributed by atoms with Gasteiger partial charge in [0.15, 0.2) is 11.5 Å². The predicted octanol–water partition coefficient (Wildman–Crippen LogP) is 3.86. The van der Waals surface area contributed by atoms with Crippen molar-refractivity contribution in [3.63, 3.8) is 0 Å². The Morgan fingerprint density at radius 1 is 1.05 bits per heavy atom. The van der Waals surface area contributed by atoms with Crippen molar-refractivity contribution >= 4 is 50.7 Å². The molecule has 1 aliphatic heterocycles. The minimum absolute atomic E-state index is 0.0246. The third-order valence-corrected chi connectivity index (χ3v) is 7.71. The Morgan fingerprint density at radius 3 is 2.41 bits per heavy atom. The monoisotopic (exact) mass is 571 g/mol. The minimum atomic E-state index is -3.87. The molecule has 2 amide bonds. The number of fused-ring (bicyclic) bond motifs is 1. The Hall–Kier alpha value is -2.69. The maximum Gasteiger partial charge on any atom is 0.244 e. The van der Waals surface area contributed by atoms with E-state index in [1.54, 1.807) is 37.3 Å². The number of hydrogen-bond acceptors (Lipinski definition) is 6. The first-order valence-electron chi connectivity index (χ1n) is 11.9. The number of benzene rings is 2. The molecule has 0 bridgehead atoms. The second kappa shape index (κ2) is 12.7. The lowest BCUT2D eigenvalue weighted by Crippen LogP contribution is -2.51. The van der Waals surface area contributed by atoms with E-state index in [-0.39, 0.29) is 18.1 Å². The summed E-state index contributed by atoms with van der Waals surface area (Å²) in [6.07, 6.45) is 2.71. The second-order valence-corrected chi connectivity index (χ2v) is 11.4. The Balaban J connectivity index is 1.90. The molecule has 202 valence electrons. The number of unbranched alkanes of at least 4 members (excludes halogenated alkanes) is 1. The zero-order valence-electron chi connectivity index (χ0n) is 21.0. The number of anilines is 1. The van der Waals surface area contributed by atoms with Crippen molar-refractivity contribution in [2.24, 2.45) is 0 Å². The summed E-state index contributed by atoms with van der Waals surface area (Å²) in [5.41, 5.74) is 0.885. The van der Waals surface area contributed by atoms with Gasteiger partial charge in [0, 0.05) is 19.2 Å². The summed E-state index contributed by atoms with van der Waals surface area (Å²) in [7, 11) is -3.87. The molecule has 37 heavy (non-hydrogen) atoms. The summed E-state index contributed by atoms with van der Waals surface area (Å²) < 4.78 is 37.6. The first-order chi connectivity index (χ1) is 17.5.